The highest BCUT2D eigenvalue weighted by atomic mass is 32.2. The van der Waals surface area contributed by atoms with Crippen LogP contribution in [0, 0.1) is 0 Å². The van der Waals surface area contributed by atoms with Crippen molar-refractivity contribution in [2.24, 2.45) is 0 Å². The summed E-state index contributed by atoms with van der Waals surface area (Å²) in [4.78, 5) is 11.1. The molecule has 0 radical (unpaired) electrons. The number of aromatic carboxylic acids is 1. The first kappa shape index (κ1) is 22.2. The van der Waals surface area contributed by atoms with E-state index in [0.717, 1.165) is 10.8 Å². The minimum atomic E-state index is -3.82. The topological polar surface area (TPSA) is 102 Å². The fourth-order valence-corrected chi connectivity index (χ4v) is 4.33. The third-order valence-corrected chi connectivity index (χ3v) is 6.24. The number of fused-ring (bicyclic) bond motifs is 1. The van der Waals surface area contributed by atoms with Gasteiger partial charge < -0.3 is 14.6 Å². The van der Waals surface area contributed by atoms with Crippen LogP contribution in [0.4, 0.5) is 5.69 Å². The van der Waals surface area contributed by atoms with Crippen molar-refractivity contribution in [1.29, 1.82) is 0 Å². The molecule has 0 saturated heterocycles. The van der Waals surface area contributed by atoms with E-state index >= 15 is 0 Å². The Kier molecular flexibility index (Phi) is 6.46. The van der Waals surface area contributed by atoms with Crippen LogP contribution in [0.5, 0.6) is 11.5 Å². The Balaban J connectivity index is 1.40. The third-order valence-electron chi connectivity index (χ3n) is 4.87. The van der Waals surface area contributed by atoms with Crippen molar-refractivity contribution in [3.05, 3.63) is 96.6 Å². The highest BCUT2D eigenvalue weighted by Gasteiger charge is 2.17. The van der Waals surface area contributed by atoms with E-state index in [-0.39, 0.29) is 23.7 Å². The normalized spacial score (nSPS) is 11.2. The number of para-hydroxylation sites is 2. The lowest BCUT2D eigenvalue weighted by atomic mass is 10.1. The second-order valence-electron chi connectivity index (χ2n) is 7.14. The van der Waals surface area contributed by atoms with Crippen molar-refractivity contribution < 1.29 is 27.8 Å². The zero-order valence-electron chi connectivity index (χ0n) is 17.5. The van der Waals surface area contributed by atoms with E-state index in [2.05, 4.69) is 4.72 Å². The lowest BCUT2D eigenvalue weighted by Crippen LogP contribution is -2.15. The number of sulfonamides is 1. The molecule has 33 heavy (non-hydrogen) atoms. The number of hydrogen-bond acceptors (Lipinski definition) is 5. The summed E-state index contributed by atoms with van der Waals surface area (Å²) in [6.45, 7) is 0.355. The highest BCUT2D eigenvalue weighted by molar-refractivity contribution is 7.92. The summed E-state index contributed by atoms with van der Waals surface area (Å²) in [5.41, 5.74) is 0.489. The van der Waals surface area contributed by atoms with Gasteiger partial charge in [-0.3, -0.25) is 4.72 Å². The van der Waals surface area contributed by atoms with Crippen LogP contribution in [0.2, 0.25) is 0 Å². The van der Waals surface area contributed by atoms with Gasteiger partial charge in [0.2, 0.25) is 0 Å². The molecule has 0 amide bonds. The molecule has 7 nitrogen and oxygen atoms in total. The average molecular weight is 464 g/mol. The number of carbonyl (C=O) groups is 1. The molecule has 0 fully saturated rings. The van der Waals surface area contributed by atoms with Crippen molar-refractivity contribution in [1.82, 2.24) is 0 Å². The van der Waals surface area contributed by atoms with Crippen LogP contribution in [0.3, 0.4) is 0 Å². The maximum Gasteiger partial charge on any atom is 0.335 e. The van der Waals surface area contributed by atoms with Crippen LogP contribution >= 0.6 is 0 Å². The number of nitrogens with one attached hydrogen (secondary N) is 1. The molecule has 168 valence electrons. The number of benzene rings is 4. The minimum absolute atomic E-state index is 0.157. The molecule has 0 heterocycles. The van der Waals surface area contributed by atoms with E-state index in [9.17, 15) is 13.2 Å². The first-order valence-corrected chi connectivity index (χ1v) is 11.6. The lowest BCUT2D eigenvalue weighted by Gasteiger charge is -2.14. The Labute approximate surface area is 191 Å². The quantitative estimate of drug-likeness (QED) is 0.346. The van der Waals surface area contributed by atoms with Crippen molar-refractivity contribution in [2.75, 3.05) is 17.9 Å². The third kappa shape index (κ3) is 5.42. The molecule has 2 N–H and O–H groups in total. The largest absolute Gasteiger partial charge is 0.490 e. The Bertz CT molecular complexity index is 1380. The van der Waals surface area contributed by atoms with E-state index in [0.29, 0.717) is 17.2 Å². The molecule has 0 atom stereocenters. The van der Waals surface area contributed by atoms with E-state index in [1.165, 1.54) is 12.1 Å². The zero-order valence-corrected chi connectivity index (χ0v) is 18.3. The van der Waals surface area contributed by atoms with Crippen LogP contribution in [0.15, 0.2) is 95.9 Å². The van der Waals surface area contributed by atoms with Crippen molar-refractivity contribution >= 4 is 32.5 Å². The number of hydrogen-bond donors (Lipinski definition) is 2. The molecule has 0 aliphatic carbocycles. The summed E-state index contributed by atoms with van der Waals surface area (Å²) in [6, 6.07) is 25.3. The first-order valence-electron chi connectivity index (χ1n) is 10.1. The molecular formula is C25H21NO6S. The van der Waals surface area contributed by atoms with Crippen LogP contribution in [0.1, 0.15) is 10.4 Å². The van der Waals surface area contributed by atoms with E-state index in [4.69, 9.17) is 14.6 Å². The second-order valence-corrected chi connectivity index (χ2v) is 8.82. The van der Waals surface area contributed by atoms with Crippen LogP contribution in [0.25, 0.3) is 10.8 Å². The number of ether oxygens (including phenoxy) is 2. The number of anilines is 1. The van der Waals surface area contributed by atoms with Gasteiger partial charge in [-0.25, -0.2) is 13.2 Å². The van der Waals surface area contributed by atoms with E-state index < -0.39 is 16.0 Å². The summed E-state index contributed by atoms with van der Waals surface area (Å²) < 4.78 is 39.8. The number of rotatable bonds is 9. The number of carboxylic acid groups (broad SMARTS) is 1. The maximum absolute atomic E-state index is 13.0. The van der Waals surface area contributed by atoms with E-state index in [1.54, 1.807) is 54.6 Å². The summed E-state index contributed by atoms with van der Waals surface area (Å²) in [5, 5.41) is 10.7. The van der Waals surface area contributed by atoms with Gasteiger partial charge in [0.1, 0.15) is 24.7 Å². The Morgan fingerprint density at radius 1 is 0.788 bits per heavy atom. The minimum Gasteiger partial charge on any atom is -0.490 e. The van der Waals surface area contributed by atoms with Crippen molar-refractivity contribution in [2.45, 2.75) is 4.90 Å². The summed E-state index contributed by atoms with van der Waals surface area (Å²) in [5.74, 6) is -0.131. The summed E-state index contributed by atoms with van der Waals surface area (Å²) >= 11 is 0. The second kappa shape index (κ2) is 9.62. The fraction of sp³-hybridized carbons (Fsp3) is 0.0800. The summed E-state index contributed by atoms with van der Waals surface area (Å²) in [6.07, 6.45) is 0. The molecule has 0 spiro atoms. The Morgan fingerprint density at radius 2 is 1.45 bits per heavy atom. The molecule has 0 aliphatic rings. The van der Waals surface area contributed by atoms with Crippen molar-refractivity contribution in [3.8, 4) is 11.5 Å². The number of carboxylic acids is 1. The Morgan fingerprint density at radius 3 is 2.21 bits per heavy atom. The molecule has 4 rings (SSSR count). The molecule has 4 aromatic carbocycles. The lowest BCUT2D eigenvalue weighted by molar-refractivity contribution is 0.0697. The maximum atomic E-state index is 13.0. The monoisotopic (exact) mass is 463 g/mol. The fourth-order valence-electron chi connectivity index (χ4n) is 3.22. The highest BCUT2D eigenvalue weighted by Crippen LogP contribution is 2.28. The predicted molar refractivity (Wildman–Crippen MR) is 126 cm³/mol. The predicted octanol–water partition coefficient (Wildman–Crippen LogP) is 4.80. The molecule has 0 bridgehead atoms. The molecule has 4 aromatic rings. The molecule has 0 aromatic heterocycles. The van der Waals surface area contributed by atoms with Crippen LogP contribution in [-0.4, -0.2) is 32.7 Å². The Hall–Kier alpha value is -4.04. The smallest absolute Gasteiger partial charge is 0.335 e. The SMILES string of the molecule is O=C(O)c1ccc(OCCOc2ccccc2NS(=O)(=O)c2ccc3ccccc3c2)cc1. The molecule has 0 saturated carbocycles. The van der Waals surface area contributed by atoms with Gasteiger partial charge in [0.25, 0.3) is 10.0 Å². The van der Waals surface area contributed by atoms with Gasteiger partial charge in [-0.2, -0.15) is 0 Å². The molecule has 8 heteroatoms. The van der Waals surface area contributed by atoms with Gasteiger partial charge in [-0.1, -0.05) is 42.5 Å². The van der Waals surface area contributed by atoms with Crippen molar-refractivity contribution in [3.63, 3.8) is 0 Å². The molecular weight excluding hydrogens is 442 g/mol. The van der Waals surface area contributed by atoms with E-state index in [1.807, 2.05) is 24.3 Å². The average Bonchev–Trinajstić information content (AvgIpc) is 2.82. The van der Waals surface area contributed by atoms with Gasteiger partial charge in [0.15, 0.2) is 0 Å². The molecule has 0 aliphatic heterocycles. The van der Waals surface area contributed by atoms with Gasteiger partial charge in [0.05, 0.1) is 16.1 Å². The standard InChI is InChI=1S/C25H21NO6S/c27-25(28)19-9-12-21(13-10-19)31-15-16-32-24-8-4-3-7-23(24)26-33(29,30)22-14-11-18-5-1-2-6-20(18)17-22/h1-14,17,26H,15-16H2,(H,27,28). The van der Waals surface area contributed by atoms with Gasteiger partial charge in [0, 0.05) is 0 Å². The zero-order chi connectivity index (χ0) is 23.3. The molecule has 0 unspecified atom stereocenters. The van der Waals surface area contributed by atoms with Gasteiger partial charge in [-0.05, 0) is 59.3 Å². The van der Waals surface area contributed by atoms with Crippen LogP contribution in [-0.2, 0) is 10.0 Å². The summed E-state index contributed by atoms with van der Waals surface area (Å²) in [7, 11) is -3.82. The van der Waals surface area contributed by atoms with Gasteiger partial charge >= 0.3 is 5.97 Å². The van der Waals surface area contributed by atoms with Crippen LogP contribution < -0.4 is 14.2 Å². The van der Waals surface area contributed by atoms with Gasteiger partial charge in [-0.15, -0.1) is 0 Å². The first-order chi connectivity index (χ1) is 15.9.